The number of aromatic nitrogens is 2. The van der Waals surface area contributed by atoms with Gasteiger partial charge < -0.3 is 12.4 Å². The van der Waals surface area contributed by atoms with Crippen molar-refractivity contribution in [3.8, 4) is 0 Å². The zero-order valence-corrected chi connectivity index (χ0v) is 7.80. The van der Waals surface area contributed by atoms with Gasteiger partial charge in [-0.1, -0.05) is 13.8 Å². The Labute approximate surface area is 74.0 Å². The topological polar surface area (TPSA) is 19.7 Å². The Morgan fingerprint density at radius 2 is 2.27 bits per heavy atom. The molecule has 0 fully saturated rings. The van der Waals surface area contributed by atoms with Crippen LogP contribution in [-0.2, 0) is 6.54 Å². The van der Waals surface area contributed by atoms with Crippen molar-refractivity contribution in [1.82, 2.24) is 4.98 Å². The molecular formula is C8H15ClN2. The first-order valence-corrected chi connectivity index (χ1v) is 3.84. The molecule has 0 aliphatic carbocycles. The van der Waals surface area contributed by atoms with Gasteiger partial charge in [0.1, 0.15) is 12.4 Å². The smallest absolute Gasteiger partial charge is 0.241 e. The number of hydrogen-bond donors (Lipinski definition) is 1. The molecule has 0 radical (unpaired) electrons. The highest BCUT2D eigenvalue weighted by Crippen LogP contribution is 1.98. The molecule has 0 bridgehead atoms. The molecule has 2 nitrogen and oxygen atoms in total. The minimum atomic E-state index is 0. The first kappa shape index (κ1) is 10.5. The number of imidazole rings is 1. The van der Waals surface area contributed by atoms with Crippen LogP contribution < -0.4 is 17.0 Å². The molecule has 0 saturated heterocycles. The molecule has 11 heavy (non-hydrogen) atoms. The van der Waals surface area contributed by atoms with Gasteiger partial charge in [-0.25, -0.2) is 4.57 Å². The summed E-state index contributed by atoms with van der Waals surface area (Å²) in [6.45, 7) is 5.61. The van der Waals surface area contributed by atoms with Crippen molar-refractivity contribution >= 4 is 0 Å². The van der Waals surface area contributed by atoms with E-state index in [1.54, 1.807) is 0 Å². The van der Waals surface area contributed by atoms with E-state index in [-0.39, 0.29) is 12.4 Å². The van der Waals surface area contributed by atoms with E-state index in [2.05, 4.69) is 29.6 Å². The molecule has 1 aromatic heterocycles. The quantitative estimate of drug-likeness (QED) is 0.531. The summed E-state index contributed by atoms with van der Waals surface area (Å²) in [6, 6.07) is 0. The summed E-state index contributed by atoms with van der Waals surface area (Å²) >= 11 is 0. The number of rotatable bonds is 3. The summed E-state index contributed by atoms with van der Waals surface area (Å²) in [7, 11) is 0. The largest absolute Gasteiger partial charge is 1.00 e. The van der Waals surface area contributed by atoms with Crippen molar-refractivity contribution in [2.75, 3.05) is 0 Å². The zero-order chi connectivity index (χ0) is 7.40. The molecule has 1 rings (SSSR count). The lowest BCUT2D eigenvalue weighted by molar-refractivity contribution is -0.701. The standard InChI is InChI=1S/C8H14N2.ClH/c1-3-8(2)6-10-5-4-9-7-10;/h4-5,7-8H,3,6H2,1-2H3;1H/t8-;/m0./s1. The average Bonchev–Trinajstić information content (AvgIpc) is 2.40. The van der Waals surface area contributed by atoms with Gasteiger partial charge in [-0.15, -0.1) is 0 Å². The van der Waals surface area contributed by atoms with Gasteiger partial charge in [-0.2, -0.15) is 0 Å². The summed E-state index contributed by atoms with van der Waals surface area (Å²) in [5.74, 6) is 0.779. The third kappa shape index (κ3) is 3.42. The van der Waals surface area contributed by atoms with Crippen molar-refractivity contribution < 1.29 is 17.0 Å². The highest BCUT2D eigenvalue weighted by molar-refractivity contribution is 4.56. The van der Waals surface area contributed by atoms with Gasteiger partial charge in [-0.05, 0) is 12.3 Å². The van der Waals surface area contributed by atoms with Crippen LogP contribution in [0.2, 0.25) is 0 Å². The van der Waals surface area contributed by atoms with Gasteiger partial charge in [0.25, 0.3) is 0 Å². The first-order valence-electron chi connectivity index (χ1n) is 3.84. The van der Waals surface area contributed by atoms with Crippen LogP contribution in [0.3, 0.4) is 0 Å². The van der Waals surface area contributed by atoms with Crippen LogP contribution in [0.4, 0.5) is 0 Å². The summed E-state index contributed by atoms with van der Waals surface area (Å²) < 4.78 is 2.17. The zero-order valence-electron chi connectivity index (χ0n) is 7.05. The molecule has 0 aromatic carbocycles. The molecule has 1 heterocycles. The molecule has 0 unspecified atom stereocenters. The van der Waals surface area contributed by atoms with Crippen molar-refractivity contribution in [2.45, 2.75) is 26.8 Å². The van der Waals surface area contributed by atoms with Gasteiger partial charge in [-0.3, -0.25) is 4.98 Å². The maximum atomic E-state index is 3.02. The fourth-order valence-corrected chi connectivity index (χ4v) is 0.923. The normalized spacial score (nSPS) is 12.2. The molecule has 64 valence electrons. The van der Waals surface area contributed by atoms with Crippen molar-refractivity contribution in [3.05, 3.63) is 18.7 Å². The van der Waals surface area contributed by atoms with E-state index in [1.807, 2.05) is 12.5 Å². The van der Waals surface area contributed by atoms with Crippen LogP contribution in [0, 0.1) is 5.92 Å². The van der Waals surface area contributed by atoms with Crippen LogP contribution in [0.5, 0.6) is 0 Å². The Morgan fingerprint density at radius 1 is 1.55 bits per heavy atom. The number of aromatic amines is 1. The second-order valence-corrected chi connectivity index (χ2v) is 2.82. The molecular weight excluding hydrogens is 160 g/mol. The SMILES string of the molecule is CC[C@H](C)C[n+]1cc[nH]c1.[Cl-]. The lowest BCUT2D eigenvalue weighted by Crippen LogP contribution is -3.00. The van der Waals surface area contributed by atoms with E-state index >= 15 is 0 Å². The van der Waals surface area contributed by atoms with E-state index in [1.165, 1.54) is 6.42 Å². The molecule has 1 aromatic rings. The second kappa shape index (κ2) is 5.19. The maximum absolute atomic E-state index is 3.02. The number of nitrogens with zero attached hydrogens (tertiary/aromatic N) is 1. The van der Waals surface area contributed by atoms with Crippen molar-refractivity contribution in [3.63, 3.8) is 0 Å². The predicted octanol–water partition coefficient (Wildman–Crippen LogP) is -1.65. The summed E-state index contributed by atoms with van der Waals surface area (Å²) in [5.41, 5.74) is 0. The van der Waals surface area contributed by atoms with Gasteiger partial charge >= 0.3 is 0 Å². The minimum absolute atomic E-state index is 0. The van der Waals surface area contributed by atoms with Crippen LogP contribution in [0.15, 0.2) is 18.7 Å². The van der Waals surface area contributed by atoms with Gasteiger partial charge in [0.15, 0.2) is 0 Å². The lowest BCUT2D eigenvalue weighted by atomic mass is 10.1. The van der Waals surface area contributed by atoms with Crippen LogP contribution >= 0.6 is 0 Å². The van der Waals surface area contributed by atoms with Gasteiger partial charge in [0, 0.05) is 0 Å². The Bertz CT molecular complexity index is 172. The fraction of sp³-hybridized carbons (Fsp3) is 0.625. The van der Waals surface area contributed by atoms with E-state index in [9.17, 15) is 0 Å². The van der Waals surface area contributed by atoms with Crippen molar-refractivity contribution in [1.29, 1.82) is 0 Å². The number of halogens is 1. The predicted molar refractivity (Wildman–Crippen MR) is 40.4 cm³/mol. The third-order valence-electron chi connectivity index (χ3n) is 1.82. The minimum Gasteiger partial charge on any atom is -1.00 e. The number of H-pyrrole nitrogens is 1. The number of hydrogen-bond acceptors (Lipinski definition) is 0. The summed E-state index contributed by atoms with van der Waals surface area (Å²) in [4.78, 5) is 3.02. The van der Waals surface area contributed by atoms with Crippen LogP contribution in [0.1, 0.15) is 20.3 Å². The molecule has 1 N–H and O–H groups in total. The second-order valence-electron chi connectivity index (χ2n) is 2.82. The molecule has 1 atom stereocenters. The number of nitrogens with one attached hydrogen (secondary N) is 1. The van der Waals surface area contributed by atoms with Crippen molar-refractivity contribution in [2.24, 2.45) is 5.92 Å². The van der Waals surface area contributed by atoms with E-state index in [4.69, 9.17) is 0 Å². The summed E-state index contributed by atoms with van der Waals surface area (Å²) in [5, 5.41) is 0. The van der Waals surface area contributed by atoms with Crippen LogP contribution in [0.25, 0.3) is 0 Å². The van der Waals surface area contributed by atoms with E-state index < -0.39 is 0 Å². The Morgan fingerprint density at radius 3 is 2.73 bits per heavy atom. The molecule has 0 spiro atoms. The average molecular weight is 175 g/mol. The monoisotopic (exact) mass is 174 g/mol. The first-order chi connectivity index (χ1) is 4.83. The molecule has 0 saturated carbocycles. The molecule has 0 aliphatic heterocycles. The molecule has 3 heteroatoms. The van der Waals surface area contributed by atoms with E-state index in [0.29, 0.717) is 0 Å². The fourth-order valence-electron chi connectivity index (χ4n) is 0.923. The maximum Gasteiger partial charge on any atom is 0.241 e. The Hall–Kier alpha value is -0.500. The molecule has 0 amide bonds. The Kier molecular flexibility index (Phi) is 4.95. The lowest BCUT2D eigenvalue weighted by Gasteiger charge is -2.02. The van der Waals surface area contributed by atoms with Crippen LogP contribution in [-0.4, -0.2) is 4.98 Å². The summed E-state index contributed by atoms with van der Waals surface area (Å²) in [6.07, 6.45) is 7.25. The van der Waals surface area contributed by atoms with E-state index in [0.717, 1.165) is 12.5 Å². The Balaban J connectivity index is 0.000001000. The third-order valence-corrected chi connectivity index (χ3v) is 1.82. The molecule has 0 aliphatic rings. The highest BCUT2D eigenvalue weighted by Gasteiger charge is 2.02. The highest BCUT2D eigenvalue weighted by atomic mass is 35.5. The van der Waals surface area contributed by atoms with Gasteiger partial charge in [0.2, 0.25) is 6.33 Å². The van der Waals surface area contributed by atoms with Gasteiger partial charge in [0.05, 0.1) is 6.54 Å².